The van der Waals surface area contributed by atoms with Gasteiger partial charge in [-0.3, -0.25) is 4.79 Å². The summed E-state index contributed by atoms with van der Waals surface area (Å²) in [5.41, 5.74) is 3.46. The molecule has 1 fully saturated rings. The van der Waals surface area contributed by atoms with Gasteiger partial charge in [-0.05, 0) is 73.5 Å². The molecular weight excluding hydrogens is 548 g/mol. The Morgan fingerprint density at radius 2 is 1.43 bits per heavy atom. The number of hydrogen-bond donors (Lipinski definition) is 6. The number of carboxylic acids is 2. The van der Waals surface area contributed by atoms with Gasteiger partial charge in [0.2, 0.25) is 5.91 Å². The molecule has 2 aromatic carbocycles. The van der Waals surface area contributed by atoms with E-state index < -0.39 is 30.3 Å². The molecule has 0 aromatic heterocycles. The summed E-state index contributed by atoms with van der Waals surface area (Å²) in [7, 11) is 0. The van der Waals surface area contributed by atoms with Crippen molar-refractivity contribution in [2.45, 2.75) is 56.5 Å². The molecule has 12 nitrogen and oxygen atoms in total. The van der Waals surface area contributed by atoms with Gasteiger partial charge in [0.05, 0.1) is 6.04 Å². The highest BCUT2D eigenvalue weighted by Gasteiger charge is 2.31. The van der Waals surface area contributed by atoms with Gasteiger partial charge in [-0.15, -0.1) is 0 Å². The number of nitrogens with zero attached hydrogens (tertiary/aromatic N) is 1. The minimum absolute atomic E-state index is 0.0172. The standard InChI is InChI=1S/C26H32N2O4.C4H6O6/c29-25(15-18-13-19-5-1-2-6-20(19)14-18)27-22(17-28-9-3-4-10-28)26(30)21-7-8-23-24(16-21)32-12-11-31-23;5-1(3(7)8)2(6)4(9)10/h1-2,5-8,16,18,22,26,30H,3-4,9-15,17H2,(H,27,29);1-2,5-6H,(H,7,8)(H,9,10)/t22-,26-;/m1./s1. The molecule has 2 unspecified atom stereocenters. The summed E-state index contributed by atoms with van der Waals surface area (Å²) in [6.45, 7) is 3.71. The van der Waals surface area contributed by atoms with E-state index in [9.17, 15) is 19.5 Å². The van der Waals surface area contributed by atoms with E-state index in [1.165, 1.54) is 24.0 Å². The number of aliphatic carboxylic acids is 2. The molecule has 1 amide bonds. The summed E-state index contributed by atoms with van der Waals surface area (Å²) < 4.78 is 11.3. The molecule has 12 heteroatoms. The number of benzene rings is 2. The van der Waals surface area contributed by atoms with E-state index >= 15 is 0 Å². The van der Waals surface area contributed by atoms with Crippen molar-refractivity contribution in [1.29, 1.82) is 0 Å². The van der Waals surface area contributed by atoms with Crippen molar-refractivity contribution >= 4 is 17.8 Å². The lowest BCUT2D eigenvalue weighted by atomic mass is 9.98. The van der Waals surface area contributed by atoms with Crippen LogP contribution in [0.5, 0.6) is 11.5 Å². The number of likely N-dealkylation sites (tertiary alicyclic amines) is 1. The van der Waals surface area contributed by atoms with Gasteiger partial charge in [-0.2, -0.15) is 0 Å². The van der Waals surface area contributed by atoms with Crippen molar-refractivity contribution in [1.82, 2.24) is 10.2 Å². The van der Waals surface area contributed by atoms with Crippen molar-refractivity contribution < 1.29 is 49.4 Å². The Kier molecular flexibility index (Phi) is 10.7. The third kappa shape index (κ3) is 8.19. The highest BCUT2D eigenvalue weighted by Crippen LogP contribution is 2.34. The predicted octanol–water partition coefficient (Wildman–Crippen LogP) is 0.754. The van der Waals surface area contributed by atoms with Crippen LogP contribution in [0.3, 0.4) is 0 Å². The van der Waals surface area contributed by atoms with Crippen LogP contribution in [0, 0.1) is 5.92 Å². The summed E-state index contributed by atoms with van der Waals surface area (Å²) in [6, 6.07) is 13.6. The van der Waals surface area contributed by atoms with Gasteiger partial charge in [0.25, 0.3) is 0 Å². The molecule has 2 aliphatic heterocycles. The lowest BCUT2D eigenvalue weighted by Gasteiger charge is -2.29. The van der Waals surface area contributed by atoms with Crippen LogP contribution in [-0.4, -0.2) is 99.4 Å². The zero-order valence-corrected chi connectivity index (χ0v) is 23.2. The van der Waals surface area contributed by atoms with Crippen molar-refractivity contribution in [3.63, 3.8) is 0 Å². The zero-order valence-electron chi connectivity index (χ0n) is 23.2. The Hall–Kier alpha value is -3.71. The maximum Gasteiger partial charge on any atom is 0.335 e. The number of rotatable bonds is 10. The fraction of sp³-hybridized carbons (Fsp3) is 0.500. The van der Waals surface area contributed by atoms with E-state index in [2.05, 4.69) is 34.5 Å². The molecule has 1 saturated heterocycles. The van der Waals surface area contributed by atoms with E-state index in [1.54, 1.807) is 0 Å². The molecule has 6 N–H and O–H groups in total. The van der Waals surface area contributed by atoms with E-state index in [0.29, 0.717) is 43.6 Å². The van der Waals surface area contributed by atoms with Gasteiger partial charge in [0.1, 0.15) is 19.3 Å². The fourth-order valence-electron chi connectivity index (χ4n) is 5.54. The summed E-state index contributed by atoms with van der Waals surface area (Å²) in [5, 5.41) is 47.0. The fourth-order valence-corrected chi connectivity index (χ4v) is 5.54. The average Bonchev–Trinajstić information content (AvgIpc) is 3.65. The number of amides is 1. The Morgan fingerprint density at radius 1 is 0.857 bits per heavy atom. The number of ether oxygens (including phenoxy) is 2. The molecule has 4 atom stereocenters. The van der Waals surface area contributed by atoms with Crippen molar-refractivity contribution in [2.75, 3.05) is 32.8 Å². The molecule has 42 heavy (non-hydrogen) atoms. The van der Waals surface area contributed by atoms with Crippen LogP contribution in [0.15, 0.2) is 42.5 Å². The number of aliphatic hydroxyl groups excluding tert-OH is 3. The maximum atomic E-state index is 13.0. The highest BCUT2D eigenvalue weighted by atomic mass is 16.6. The molecular formula is C30H38N2O10. The molecule has 0 saturated carbocycles. The number of fused-ring (bicyclic) bond motifs is 2. The molecule has 2 heterocycles. The quantitative estimate of drug-likeness (QED) is 0.231. The van der Waals surface area contributed by atoms with Crippen molar-refractivity contribution in [2.24, 2.45) is 5.92 Å². The van der Waals surface area contributed by atoms with E-state index in [4.69, 9.17) is 29.9 Å². The minimum Gasteiger partial charge on any atom is -0.486 e. The Bertz CT molecular complexity index is 1210. The van der Waals surface area contributed by atoms with Crippen LogP contribution in [-0.2, 0) is 27.2 Å². The maximum absolute atomic E-state index is 13.0. The SMILES string of the molecule is O=C(CC1Cc2ccccc2C1)N[C@H](CN1CCCC1)[C@H](O)c1ccc2c(c1)OCCO2.O=C(O)C(O)C(O)C(=O)O. The van der Waals surface area contributed by atoms with E-state index in [1.807, 2.05) is 18.2 Å². The predicted molar refractivity (Wildman–Crippen MR) is 149 cm³/mol. The summed E-state index contributed by atoms with van der Waals surface area (Å²) in [4.78, 5) is 34.9. The lowest BCUT2D eigenvalue weighted by molar-refractivity contribution is -0.165. The van der Waals surface area contributed by atoms with Crippen LogP contribution >= 0.6 is 0 Å². The topological polar surface area (TPSA) is 186 Å². The van der Waals surface area contributed by atoms with Gasteiger partial charge in [-0.25, -0.2) is 9.59 Å². The zero-order chi connectivity index (χ0) is 30.2. The second-order valence-electron chi connectivity index (χ2n) is 10.8. The highest BCUT2D eigenvalue weighted by molar-refractivity contribution is 5.83. The van der Waals surface area contributed by atoms with Gasteiger partial charge >= 0.3 is 11.9 Å². The van der Waals surface area contributed by atoms with Crippen LogP contribution in [0.25, 0.3) is 0 Å². The molecule has 2 aromatic rings. The third-order valence-corrected chi connectivity index (χ3v) is 7.70. The normalized spacial score (nSPS) is 19.0. The summed E-state index contributed by atoms with van der Waals surface area (Å²) in [5.74, 6) is -1.84. The average molecular weight is 587 g/mol. The first-order valence-electron chi connectivity index (χ1n) is 14.1. The van der Waals surface area contributed by atoms with Gasteiger partial charge in [0.15, 0.2) is 23.7 Å². The first-order chi connectivity index (χ1) is 20.1. The van der Waals surface area contributed by atoms with E-state index in [0.717, 1.165) is 31.5 Å². The number of hydrogen-bond acceptors (Lipinski definition) is 9. The minimum atomic E-state index is -2.27. The van der Waals surface area contributed by atoms with E-state index in [-0.39, 0.29) is 11.9 Å². The second kappa shape index (κ2) is 14.5. The van der Waals surface area contributed by atoms with Gasteiger partial charge in [0, 0.05) is 13.0 Å². The van der Waals surface area contributed by atoms with Crippen molar-refractivity contribution in [3.05, 3.63) is 59.2 Å². The van der Waals surface area contributed by atoms with Crippen LogP contribution < -0.4 is 14.8 Å². The lowest BCUT2D eigenvalue weighted by Crippen LogP contribution is -2.47. The molecule has 0 radical (unpaired) electrons. The smallest absolute Gasteiger partial charge is 0.335 e. The van der Waals surface area contributed by atoms with Crippen LogP contribution in [0.1, 0.15) is 42.1 Å². The molecule has 1 aliphatic carbocycles. The van der Waals surface area contributed by atoms with Crippen LogP contribution in [0.4, 0.5) is 0 Å². The van der Waals surface area contributed by atoms with Gasteiger partial charge < -0.3 is 45.2 Å². The Balaban J connectivity index is 0.000000349. The molecule has 5 rings (SSSR count). The number of nitrogens with one attached hydrogen (secondary N) is 1. The first kappa shape index (κ1) is 31.2. The Morgan fingerprint density at radius 3 is 2.00 bits per heavy atom. The third-order valence-electron chi connectivity index (χ3n) is 7.70. The van der Waals surface area contributed by atoms with Gasteiger partial charge in [-0.1, -0.05) is 30.3 Å². The number of carboxylic acid groups (broad SMARTS) is 2. The molecule has 228 valence electrons. The summed E-state index contributed by atoms with van der Waals surface area (Å²) >= 11 is 0. The second-order valence-corrected chi connectivity index (χ2v) is 10.8. The van der Waals surface area contributed by atoms with Crippen LogP contribution in [0.2, 0.25) is 0 Å². The Labute approximate surface area is 243 Å². The number of aliphatic hydroxyl groups is 3. The number of carbonyl (C=O) groups excluding carboxylic acids is 1. The molecule has 3 aliphatic rings. The van der Waals surface area contributed by atoms with Crippen molar-refractivity contribution in [3.8, 4) is 11.5 Å². The largest absolute Gasteiger partial charge is 0.486 e. The monoisotopic (exact) mass is 586 g/mol. The first-order valence-corrected chi connectivity index (χ1v) is 14.1. The molecule has 0 bridgehead atoms. The number of carbonyl (C=O) groups is 3. The molecule has 0 spiro atoms. The summed E-state index contributed by atoms with van der Waals surface area (Å²) in [6.07, 6.45) is -0.622.